The van der Waals surface area contributed by atoms with E-state index in [1.54, 1.807) is 0 Å². The fourth-order valence-corrected chi connectivity index (χ4v) is 3.36. The molecule has 0 aliphatic heterocycles. The molecule has 0 aliphatic carbocycles. The lowest BCUT2D eigenvalue weighted by Crippen LogP contribution is -2.21. The Hall–Kier alpha value is -1.64. The maximum absolute atomic E-state index is 3.47. The van der Waals surface area contributed by atoms with Crippen LogP contribution in [0.2, 0.25) is 0 Å². The summed E-state index contributed by atoms with van der Waals surface area (Å²) in [6.07, 6.45) is 0. The average molecular weight is 281 g/mol. The summed E-state index contributed by atoms with van der Waals surface area (Å²) in [4.78, 5) is 2.74. The lowest BCUT2D eigenvalue weighted by atomic mass is 10.0. The van der Waals surface area contributed by atoms with Crippen LogP contribution in [0.3, 0.4) is 0 Å². The minimum Gasteiger partial charge on any atom is -0.310 e. The second kappa shape index (κ2) is 5.78. The van der Waals surface area contributed by atoms with E-state index in [1.165, 1.54) is 26.1 Å². The Morgan fingerprint density at radius 2 is 1.75 bits per heavy atom. The molecule has 3 rings (SSSR count). The van der Waals surface area contributed by atoms with Crippen LogP contribution in [-0.2, 0) is 6.54 Å². The van der Waals surface area contributed by atoms with Crippen molar-refractivity contribution in [3.8, 4) is 10.4 Å². The second-order valence-corrected chi connectivity index (χ2v) is 6.50. The van der Waals surface area contributed by atoms with Crippen molar-refractivity contribution in [1.82, 2.24) is 5.32 Å². The molecule has 0 spiro atoms. The molecule has 102 valence electrons. The molecule has 0 saturated carbocycles. The molecule has 0 saturated heterocycles. The van der Waals surface area contributed by atoms with Crippen molar-refractivity contribution in [2.45, 2.75) is 26.4 Å². The zero-order chi connectivity index (χ0) is 13.9. The number of nitrogens with one attached hydrogen (secondary N) is 1. The minimum atomic E-state index is 0.526. The molecule has 0 radical (unpaired) electrons. The van der Waals surface area contributed by atoms with Crippen molar-refractivity contribution >= 4 is 22.1 Å². The topological polar surface area (TPSA) is 12.0 Å². The van der Waals surface area contributed by atoms with E-state index < -0.39 is 0 Å². The Morgan fingerprint density at radius 1 is 0.950 bits per heavy atom. The highest BCUT2D eigenvalue weighted by Gasteiger charge is 2.06. The molecular formula is C18H19NS. The van der Waals surface area contributed by atoms with E-state index in [-0.39, 0.29) is 0 Å². The highest BCUT2D eigenvalue weighted by Crippen LogP contribution is 2.33. The van der Waals surface area contributed by atoms with Gasteiger partial charge in [-0.05, 0) is 28.5 Å². The van der Waals surface area contributed by atoms with Crippen molar-refractivity contribution in [3.63, 3.8) is 0 Å². The smallest absolute Gasteiger partial charge is 0.0352 e. The fraction of sp³-hybridized carbons (Fsp3) is 0.222. The number of hydrogen-bond donors (Lipinski definition) is 1. The number of thiophene rings is 1. The lowest BCUT2D eigenvalue weighted by molar-refractivity contribution is 0.593. The molecule has 0 aliphatic rings. The molecule has 1 heterocycles. The fourth-order valence-electron chi connectivity index (χ4n) is 2.36. The van der Waals surface area contributed by atoms with E-state index in [1.807, 2.05) is 11.3 Å². The van der Waals surface area contributed by atoms with Gasteiger partial charge in [0, 0.05) is 22.3 Å². The Kier molecular flexibility index (Phi) is 3.86. The third-order valence-electron chi connectivity index (χ3n) is 3.40. The summed E-state index contributed by atoms with van der Waals surface area (Å²) >= 11 is 1.88. The van der Waals surface area contributed by atoms with Crippen molar-refractivity contribution in [3.05, 3.63) is 59.5 Å². The number of fused-ring (bicyclic) bond motifs is 1. The predicted octanol–water partition coefficient (Wildman–Crippen LogP) is 5.07. The van der Waals surface area contributed by atoms with Crippen molar-refractivity contribution in [1.29, 1.82) is 0 Å². The summed E-state index contributed by atoms with van der Waals surface area (Å²) in [6.45, 7) is 5.31. The van der Waals surface area contributed by atoms with Crippen molar-refractivity contribution in [2.75, 3.05) is 0 Å². The van der Waals surface area contributed by atoms with Gasteiger partial charge in [-0.2, -0.15) is 0 Å². The zero-order valence-electron chi connectivity index (χ0n) is 11.9. The molecule has 0 fully saturated rings. The van der Waals surface area contributed by atoms with Gasteiger partial charge in [0.2, 0.25) is 0 Å². The highest BCUT2D eigenvalue weighted by molar-refractivity contribution is 7.15. The third kappa shape index (κ3) is 2.77. The molecule has 0 amide bonds. The first-order valence-corrected chi connectivity index (χ1v) is 7.86. The SMILES string of the molecule is CC(C)NCc1ccc(-c2cccc3ccccc23)s1. The summed E-state index contributed by atoms with van der Waals surface area (Å²) in [5.41, 5.74) is 1.34. The normalized spacial score (nSPS) is 11.3. The van der Waals surface area contributed by atoms with E-state index in [2.05, 4.69) is 73.8 Å². The quantitative estimate of drug-likeness (QED) is 0.704. The molecule has 0 bridgehead atoms. The molecule has 0 atom stereocenters. The summed E-state index contributed by atoms with van der Waals surface area (Å²) in [5, 5.41) is 6.11. The first-order valence-electron chi connectivity index (χ1n) is 7.04. The maximum Gasteiger partial charge on any atom is 0.0352 e. The lowest BCUT2D eigenvalue weighted by Gasteiger charge is -2.06. The third-order valence-corrected chi connectivity index (χ3v) is 4.52. The number of hydrogen-bond acceptors (Lipinski definition) is 2. The summed E-state index contributed by atoms with van der Waals surface area (Å²) in [6, 6.07) is 20.1. The predicted molar refractivity (Wildman–Crippen MR) is 89.2 cm³/mol. The van der Waals surface area contributed by atoms with Crippen LogP contribution in [0.1, 0.15) is 18.7 Å². The van der Waals surface area contributed by atoms with Crippen LogP contribution in [0.15, 0.2) is 54.6 Å². The molecule has 3 aromatic rings. The molecule has 1 N–H and O–H groups in total. The van der Waals surface area contributed by atoms with Crippen LogP contribution in [0.4, 0.5) is 0 Å². The monoisotopic (exact) mass is 281 g/mol. The Balaban J connectivity index is 1.95. The standard InChI is InChI=1S/C18H19NS/c1-13(2)19-12-15-10-11-18(20-15)17-9-5-7-14-6-3-4-8-16(14)17/h3-11,13,19H,12H2,1-2H3. The Bertz CT molecular complexity index is 707. The summed E-state index contributed by atoms with van der Waals surface area (Å²) in [5.74, 6) is 0. The second-order valence-electron chi connectivity index (χ2n) is 5.33. The van der Waals surface area contributed by atoms with Gasteiger partial charge in [0.1, 0.15) is 0 Å². The molecule has 0 unspecified atom stereocenters. The van der Waals surface area contributed by atoms with E-state index >= 15 is 0 Å². The van der Waals surface area contributed by atoms with Gasteiger partial charge in [0.25, 0.3) is 0 Å². The van der Waals surface area contributed by atoms with Gasteiger partial charge in [-0.15, -0.1) is 11.3 Å². The van der Waals surface area contributed by atoms with Gasteiger partial charge < -0.3 is 5.32 Å². The first kappa shape index (κ1) is 13.3. The molecule has 2 aromatic carbocycles. The first-order chi connectivity index (χ1) is 9.74. The largest absolute Gasteiger partial charge is 0.310 e. The van der Waals surface area contributed by atoms with E-state index in [4.69, 9.17) is 0 Å². The van der Waals surface area contributed by atoms with Gasteiger partial charge in [0.05, 0.1) is 0 Å². The van der Waals surface area contributed by atoms with Crippen LogP contribution >= 0.6 is 11.3 Å². The number of benzene rings is 2. The van der Waals surface area contributed by atoms with Crippen molar-refractivity contribution < 1.29 is 0 Å². The highest BCUT2D eigenvalue weighted by atomic mass is 32.1. The average Bonchev–Trinajstić information content (AvgIpc) is 2.93. The molecule has 1 nitrogen and oxygen atoms in total. The zero-order valence-corrected chi connectivity index (χ0v) is 12.7. The number of rotatable bonds is 4. The van der Waals surface area contributed by atoms with E-state index in [9.17, 15) is 0 Å². The van der Waals surface area contributed by atoms with Crippen molar-refractivity contribution in [2.24, 2.45) is 0 Å². The molecule has 2 heteroatoms. The van der Waals surface area contributed by atoms with Gasteiger partial charge in [0.15, 0.2) is 0 Å². The van der Waals surface area contributed by atoms with Crippen LogP contribution in [0, 0.1) is 0 Å². The molecule has 20 heavy (non-hydrogen) atoms. The molecular weight excluding hydrogens is 262 g/mol. The van der Waals surface area contributed by atoms with Crippen LogP contribution < -0.4 is 5.32 Å². The summed E-state index contributed by atoms with van der Waals surface area (Å²) in [7, 11) is 0. The van der Waals surface area contributed by atoms with Gasteiger partial charge in [-0.25, -0.2) is 0 Å². The van der Waals surface area contributed by atoms with E-state index in [0.717, 1.165) is 6.54 Å². The van der Waals surface area contributed by atoms with Crippen LogP contribution in [0.5, 0.6) is 0 Å². The molecule has 1 aromatic heterocycles. The van der Waals surface area contributed by atoms with Crippen LogP contribution in [0.25, 0.3) is 21.2 Å². The minimum absolute atomic E-state index is 0.526. The maximum atomic E-state index is 3.47. The van der Waals surface area contributed by atoms with Gasteiger partial charge >= 0.3 is 0 Å². The Morgan fingerprint density at radius 3 is 2.60 bits per heavy atom. The summed E-state index contributed by atoms with van der Waals surface area (Å²) < 4.78 is 0. The van der Waals surface area contributed by atoms with Gasteiger partial charge in [-0.1, -0.05) is 56.3 Å². The Labute approximate surface area is 124 Å². The van der Waals surface area contributed by atoms with Crippen LogP contribution in [-0.4, -0.2) is 6.04 Å². The van der Waals surface area contributed by atoms with Gasteiger partial charge in [-0.3, -0.25) is 0 Å². The van der Waals surface area contributed by atoms with E-state index in [0.29, 0.717) is 6.04 Å².